The highest BCUT2D eigenvalue weighted by molar-refractivity contribution is 5.51. The van der Waals surface area contributed by atoms with Gasteiger partial charge >= 0.3 is 0 Å². The molecule has 90 valence electrons. The van der Waals surface area contributed by atoms with Crippen molar-refractivity contribution in [2.45, 2.75) is 13.8 Å². The zero-order chi connectivity index (χ0) is 11.8. The van der Waals surface area contributed by atoms with Crippen LogP contribution in [-0.4, -0.2) is 26.4 Å². The van der Waals surface area contributed by atoms with E-state index in [9.17, 15) is 0 Å². The van der Waals surface area contributed by atoms with E-state index in [1.807, 2.05) is 32.0 Å². The summed E-state index contributed by atoms with van der Waals surface area (Å²) >= 11 is 0. The van der Waals surface area contributed by atoms with Crippen molar-refractivity contribution >= 4 is 0 Å². The maximum Gasteiger partial charge on any atom is 0.203 e. The number of hydrogen-bond donors (Lipinski definition) is 1. The Hall–Kier alpha value is -1.42. The van der Waals surface area contributed by atoms with E-state index in [2.05, 4.69) is 0 Å². The molecule has 0 atom stereocenters. The van der Waals surface area contributed by atoms with Crippen molar-refractivity contribution in [3.8, 4) is 17.2 Å². The van der Waals surface area contributed by atoms with Crippen LogP contribution in [0.25, 0.3) is 0 Å². The van der Waals surface area contributed by atoms with Crippen molar-refractivity contribution in [1.82, 2.24) is 0 Å². The fourth-order valence-corrected chi connectivity index (χ4v) is 1.34. The molecule has 0 aliphatic carbocycles. The predicted octanol–water partition coefficient (Wildman–Crippen LogP) is 1.82. The summed E-state index contributed by atoms with van der Waals surface area (Å²) in [6.45, 7) is 5.96. The van der Waals surface area contributed by atoms with Crippen LogP contribution in [0.5, 0.6) is 17.2 Å². The van der Waals surface area contributed by atoms with Crippen LogP contribution in [0.4, 0.5) is 0 Å². The lowest BCUT2D eigenvalue weighted by atomic mass is 10.3. The smallest absolute Gasteiger partial charge is 0.203 e. The van der Waals surface area contributed by atoms with Crippen LogP contribution in [-0.2, 0) is 0 Å². The van der Waals surface area contributed by atoms with Gasteiger partial charge in [0.15, 0.2) is 11.5 Å². The average Bonchev–Trinajstić information content (AvgIpc) is 2.29. The molecule has 1 rings (SSSR count). The van der Waals surface area contributed by atoms with Crippen molar-refractivity contribution in [2.24, 2.45) is 5.73 Å². The quantitative estimate of drug-likeness (QED) is 0.769. The number of hydrogen-bond acceptors (Lipinski definition) is 4. The van der Waals surface area contributed by atoms with Gasteiger partial charge in [-0.25, -0.2) is 0 Å². The Labute approximate surface area is 96.3 Å². The van der Waals surface area contributed by atoms with Crippen molar-refractivity contribution < 1.29 is 14.2 Å². The van der Waals surface area contributed by atoms with E-state index in [0.717, 1.165) is 0 Å². The zero-order valence-corrected chi connectivity index (χ0v) is 9.86. The lowest BCUT2D eigenvalue weighted by Crippen LogP contribution is -2.12. The van der Waals surface area contributed by atoms with Crippen LogP contribution in [0.1, 0.15) is 13.8 Å². The summed E-state index contributed by atoms with van der Waals surface area (Å²) in [4.78, 5) is 0. The van der Waals surface area contributed by atoms with Crippen LogP contribution in [0, 0.1) is 0 Å². The van der Waals surface area contributed by atoms with Gasteiger partial charge in [-0.2, -0.15) is 0 Å². The van der Waals surface area contributed by atoms with Gasteiger partial charge in [0.1, 0.15) is 6.61 Å². The number of para-hydroxylation sites is 1. The molecule has 0 aliphatic rings. The Morgan fingerprint density at radius 1 is 1.00 bits per heavy atom. The number of rotatable bonds is 7. The molecule has 0 aromatic heterocycles. The van der Waals surface area contributed by atoms with E-state index in [1.165, 1.54) is 0 Å². The molecule has 0 fully saturated rings. The van der Waals surface area contributed by atoms with Gasteiger partial charge in [0.05, 0.1) is 13.2 Å². The number of nitrogens with two attached hydrogens (primary N) is 1. The molecular formula is C12H19NO3. The Morgan fingerprint density at radius 2 is 1.56 bits per heavy atom. The van der Waals surface area contributed by atoms with Crippen molar-refractivity contribution in [3.63, 3.8) is 0 Å². The molecule has 1 aromatic rings. The average molecular weight is 225 g/mol. The first-order valence-electron chi connectivity index (χ1n) is 5.54. The van der Waals surface area contributed by atoms with Gasteiger partial charge in [-0.15, -0.1) is 0 Å². The summed E-state index contributed by atoms with van der Waals surface area (Å²) in [5.74, 6) is 2.03. The van der Waals surface area contributed by atoms with Gasteiger partial charge in [-0.3, -0.25) is 0 Å². The second-order valence-electron chi connectivity index (χ2n) is 3.09. The molecule has 4 nitrogen and oxygen atoms in total. The van der Waals surface area contributed by atoms with E-state index >= 15 is 0 Å². The lowest BCUT2D eigenvalue weighted by Gasteiger charge is -2.15. The molecule has 4 heteroatoms. The van der Waals surface area contributed by atoms with Crippen LogP contribution in [0.2, 0.25) is 0 Å². The molecule has 0 radical (unpaired) electrons. The van der Waals surface area contributed by atoms with E-state index < -0.39 is 0 Å². The predicted molar refractivity (Wildman–Crippen MR) is 63.3 cm³/mol. The van der Waals surface area contributed by atoms with E-state index in [1.54, 1.807) is 0 Å². The van der Waals surface area contributed by atoms with E-state index in [-0.39, 0.29) is 0 Å². The molecule has 0 bridgehead atoms. The molecule has 0 saturated heterocycles. The molecule has 16 heavy (non-hydrogen) atoms. The first kappa shape index (κ1) is 12.6. The third-order valence-corrected chi connectivity index (χ3v) is 1.91. The summed E-state index contributed by atoms with van der Waals surface area (Å²) in [6.07, 6.45) is 0. The molecule has 0 saturated carbocycles. The van der Waals surface area contributed by atoms with Crippen LogP contribution >= 0.6 is 0 Å². The monoisotopic (exact) mass is 225 g/mol. The summed E-state index contributed by atoms with van der Waals surface area (Å²) in [6, 6.07) is 5.60. The van der Waals surface area contributed by atoms with Crippen LogP contribution in [0.15, 0.2) is 18.2 Å². The highest BCUT2D eigenvalue weighted by Gasteiger charge is 2.11. The summed E-state index contributed by atoms with van der Waals surface area (Å²) in [7, 11) is 0. The Bertz CT molecular complexity index is 291. The Morgan fingerprint density at radius 3 is 2.00 bits per heavy atom. The number of benzene rings is 1. The van der Waals surface area contributed by atoms with Gasteiger partial charge in [0.25, 0.3) is 0 Å². The zero-order valence-electron chi connectivity index (χ0n) is 9.86. The fraction of sp³-hybridized carbons (Fsp3) is 0.500. The van der Waals surface area contributed by atoms with E-state index in [0.29, 0.717) is 43.6 Å². The summed E-state index contributed by atoms with van der Waals surface area (Å²) < 4.78 is 16.5. The molecular weight excluding hydrogens is 206 g/mol. The molecule has 0 amide bonds. The third kappa shape index (κ3) is 3.31. The van der Waals surface area contributed by atoms with Crippen molar-refractivity contribution in [1.29, 1.82) is 0 Å². The van der Waals surface area contributed by atoms with Crippen LogP contribution in [0.3, 0.4) is 0 Å². The first-order valence-corrected chi connectivity index (χ1v) is 5.54. The largest absolute Gasteiger partial charge is 0.490 e. The minimum atomic E-state index is 0.449. The lowest BCUT2D eigenvalue weighted by molar-refractivity contribution is 0.256. The maximum atomic E-state index is 5.55. The minimum Gasteiger partial charge on any atom is -0.490 e. The van der Waals surface area contributed by atoms with Crippen LogP contribution < -0.4 is 19.9 Å². The standard InChI is InChI=1S/C12H19NO3/c1-3-14-10-6-5-7-11(15-4-2)12(10)16-9-8-13/h5-7H,3-4,8-9,13H2,1-2H3. The molecule has 0 unspecified atom stereocenters. The van der Waals surface area contributed by atoms with Gasteiger partial charge in [0, 0.05) is 6.54 Å². The molecule has 0 spiro atoms. The Kier molecular flexibility index (Phi) is 5.50. The first-order chi connectivity index (χ1) is 7.83. The van der Waals surface area contributed by atoms with Gasteiger partial charge in [-0.1, -0.05) is 6.07 Å². The second kappa shape index (κ2) is 6.95. The maximum absolute atomic E-state index is 5.55. The fourth-order valence-electron chi connectivity index (χ4n) is 1.34. The molecule has 1 aromatic carbocycles. The van der Waals surface area contributed by atoms with Gasteiger partial charge in [-0.05, 0) is 26.0 Å². The molecule has 0 heterocycles. The highest BCUT2D eigenvalue weighted by Crippen LogP contribution is 2.37. The highest BCUT2D eigenvalue weighted by atomic mass is 16.5. The summed E-state index contributed by atoms with van der Waals surface area (Å²) in [5, 5.41) is 0. The topological polar surface area (TPSA) is 53.7 Å². The van der Waals surface area contributed by atoms with Gasteiger partial charge < -0.3 is 19.9 Å². The third-order valence-electron chi connectivity index (χ3n) is 1.91. The SMILES string of the molecule is CCOc1cccc(OCC)c1OCCN. The second-order valence-corrected chi connectivity index (χ2v) is 3.09. The van der Waals surface area contributed by atoms with E-state index in [4.69, 9.17) is 19.9 Å². The summed E-state index contributed by atoms with van der Waals surface area (Å²) in [5.41, 5.74) is 5.42. The van der Waals surface area contributed by atoms with Crippen molar-refractivity contribution in [3.05, 3.63) is 18.2 Å². The number of ether oxygens (including phenoxy) is 3. The minimum absolute atomic E-state index is 0.449. The molecule has 2 N–H and O–H groups in total. The Balaban J connectivity index is 2.92. The van der Waals surface area contributed by atoms with Gasteiger partial charge in [0.2, 0.25) is 5.75 Å². The van der Waals surface area contributed by atoms with Crippen molar-refractivity contribution in [2.75, 3.05) is 26.4 Å². The molecule has 0 aliphatic heterocycles. The normalized spacial score (nSPS) is 9.94.